The number of rotatable bonds is 2. The highest BCUT2D eigenvalue weighted by Crippen LogP contribution is 2.25. The van der Waals surface area contributed by atoms with E-state index in [1.54, 1.807) is 11.3 Å². The summed E-state index contributed by atoms with van der Waals surface area (Å²) in [5.41, 5.74) is 0.127. The van der Waals surface area contributed by atoms with Crippen molar-refractivity contribution in [3.63, 3.8) is 0 Å². The average Bonchev–Trinajstić information content (AvgIpc) is 2.32. The molecule has 1 aromatic rings. The van der Waals surface area contributed by atoms with Gasteiger partial charge in [-0.25, -0.2) is 0 Å². The van der Waals surface area contributed by atoms with Crippen LogP contribution in [0.25, 0.3) is 0 Å². The van der Waals surface area contributed by atoms with Crippen LogP contribution in [-0.4, -0.2) is 29.2 Å². The maximum atomic E-state index is 4.18. The zero-order chi connectivity index (χ0) is 10.1. The van der Waals surface area contributed by atoms with Crippen LogP contribution in [0.4, 0.5) is 0 Å². The third-order valence-corrected chi connectivity index (χ3v) is 2.89. The van der Waals surface area contributed by atoms with Crippen LogP contribution in [0.5, 0.6) is 0 Å². The van der Waals surface area contributed by atoms with E-state index in [4.69, 9.17) is 0 Å². The van der Waals surface area contributed by atoms with Crippen LogP contribution in [0.3, 0.4) is 0 Å². The van der Waals surface area contributed by atoms with Gasteiger partial charge in [-0.15, -0.1) is 10.2 Å². The maximum absolute atomic E-state index is 4.18. The predicted octanol–water partition coefficient (Wildman–Crippen LogP) is 1.90. The van der Waals surface area contributed by atoms with Gasteiger partial charge in [0.1, 0.15) is 10.0 Å². The molecule has 0 radical (unpaired) electrons. The third-order valence-electron chi connectivity index (χ3n) is 1.56. The van der Waals surface area contributed by atoms with Gasteiger partial charge < -0.3 is 4.90 Å². The normalized spacial score (nSPS) is 12.5. The van der Waals surface area contributed by atoms with Gasteiger partial charge in [0.2, 0.25) is 0 Å². The highest BCUT2D eigenvalue weighted by molar-refractivity contribution is 7.11. The summed E-state index contributed by atoms with van der Waals surface area (Å²) in [5, 5.41) is 10.5. The quantitative estimate of drug-likeness (QED) is 0.728. The van der Waals surface area contributed by atoms with Gasteiger partial charge in [-0.05, 0) is 14.1 Å². The first-order valence-electron chi connectivity index (χ1n) is 4.37. The Kier molecular flexibility index (Phi) is 3.03. The highest BCUT2D eigenvalue weighted by Gasteiger charge is 2.19. The molecule has 0 aliphatic heterocycles. The molecule has 0 amide bonds. The Labute approximate surface area is 83.8 Å². The standard InChI is InChI=1S/C9H17N3S/c1-9(2,3)8-11-10-7(13-8)6-12(4)5/h6H2,1-5H3. The Morgan fingerprint density at radius 2 is 1.85 bits per heavy atom. The monoisotopic (exact) mass is 199 g/mol. The van der Waals surface area contributed by atoms with Crippen molar-refractivity contribution in [3.05, 3.63) is 10.0 Å². The lowest BCUT2D eigenvalue weighted by molar-refractivity contribution is 0.400. The van der Waals surface area contributed by atoms with Crippen molar-refractivity contribution in [1.29, 1.82) is 0 Å². The Hall–Kier alpha value is -0.480. The average molecular weight is 199 g/mol. The molecule has 1 heterocycles. The fourth-order valence-electron chi connectivity index (χ4n) is 0.891. The van der Waals surface area contributed by atoms with Crippen LogP contribution in [-0.2, 0) is 12.0 Å². The van der Waals surface area contributed by atoms with Gasteiger partial charge in [-0.2, -0.15) is 0 Å². The van der Waals surface area contributed by atoms with Gasteiger partial charge in [-0.3, -0.25) is 0 Å². The molecule has 74 valence electrons. The summed E-state index contributed by atoms with van der Waals surface area (Å²) in [6.45, 7) is 7.36. The van der Waals surface area contributed by atoms with Crippen LogP contribution in [0, 0.1) is 0 Å². The van der Waals surface area contributed by atoms with E-state index in [1.165, 1.54) is 0 Å². The minimum absolute atomic E-state index is 0.127. The molecule has 0 bridgehead atoms. The van der Waals surface area contributed by atoms with E-state index >= 15 is 0 Å². The van der Waals surface area contributed by atoms with Crippen LogP contribution in [0.1, 0.15) is 30.8 Å². The van der Waals surface area contributed by atoms with Crippen molar-refractivity contribution in [2.75, 3.05) is 14.1 Å². The summed E-state index contributed by atoms with van der Waals surface area (Å²) < 4.78 is 0. The third kappa shape index (κ3) is 3.04. The first-order chi connectivity index (χ1) is 5.89. The second kappa shape index (κ2) is 3.72. The topological polar surface area (TPSA) is 29.0 Å². The van der Waals surface area contributed by atoms with Crippen LogP contribution < -0.4 is 0 Å². The van der Waals surface area contributed by atoms with Crippen molar-refractivity contribution in [2.45, 2.75) is 32.7 Å². The lowest BCUT2D eigenvalue weighted by Crippen LogP contribution is -2.10. The molecule has 0 aliphatic rings. The van der Waals surface area contributed by atoms with E-state index in [0.29, 0.717) is 0 Å². The summed E-state index contributed by atoms with van der Waals surface area (Å²) in [5.74, 6) is 0. The second-order valence-corrected chi connectivity index (χ2v) is 5.55. The Morgan fingerprint density at radius 3 is 2.23 bits per heavy atom. The molecule has 13 heavy (non-hydrogen) atoms. The molecule has 0 spiro atoms. The van der Waals surface area contributed by atoms with E-state index in [0.717, 1.165) is 16.6 Å². The van der Waals surface area contributed by atoms with Gasteiger partial charge in [0.25, 0.3) is 0 Å². The van der Waals surface area contributed by atoms with Crippen LogP contribution in [0.15, 0.2) is 0 Å². The van der Waals surface area contributed by atoms with Gasteiger partial charge in [0.15, 0.2) is 0 Å². The molecular weight excluding hydrogens is 182 g/mol. The van der Waals surface area contributed by atoms with Crippen molar-refractivity contribution in [2.24, 2.45) is 0 Å². The van der Waals surface area contributed by atoms with Crippen LogP contribution in [0.2, 0.25) is 0 Å². The predicted molar refractivity (Wildman–Crippen MR) is 56.0 cm³/mol. The van der Waals surface area contributed by atoms with E-state index in [2.05, 4.69) is 35.9 Å². The first-order valence-corrected chi connectivity index (χ1v) is 5.19. The van der Waals surface area contributed by atoms with E-state index in [9.17, 15) is 0 Å². The van der Waals surface area contributed by atoms with E-state index in [1.807, 2.05) is 14.1 Å². The zero-order valence-electron chi connectivity index (χ0n) is 8.96. The van der Waals surface area contributed by atoms with Gasteiger partial charge in [0.05, 0.1) is 6.54 Å². The summed E-state index contributed by atoms with van der Waals surface area (Å²) in [6, 6.07) is 0. The number of hydrogen-bond donors (Lipinski definition) is 0. The SMILES string of the molecule is CN(C)Cc1nnc(C(C)(C)C)s1. The minimum Gasteiger partial charge on any atom is -0.303 e. The van der Waals surface area contributed by atoms with Crippen molar-refractivity contribution in [3.8, 4) is 0 Å². The summed E-state index contributed by atoms with van der Waals surface area (Å²) in [7, 11) is 4.08. The molecule has 0 N–H and O–H groups in total. The molecular formula is C9H17N3S. The Morgan fingerprint density at radius 1 is 1.23 bits per heavy atom. The van der Waals surface area contributed by atoms with Crippen LogP contribution >= 0.6 is 11.3 Å². The lowest BCUT2D eigenvalue weighted by atomic mass is 9.98. The molecule has 0 saturated heterocycles. The summed E-state index contributed by atoms with van der Waals surface area (Å²) in [6.07, 6.45) is 0. The summed E-state index contributed by atoms with van der Waals surface area (Å²) >= 11 is 1.70. The van der Waals surface area contributed by atoms with Gasteiger partial charge in [0, 0.05) is 5.41 Å². The number of nitrogens with zero attached hydrogens (tertiary/aromatic N) is 3. The van der Waals surface area contributed by atoms with Crippen molar-refractivity contribution >= 4 is 11.3 Å². The first kappa shape index (κ1) is 10.6. The second-order valence-electron chi connectivity index (χ2n) is 4.49. The fraction of sp³-hybridized carbons (Fsp3) is 0.778. The number of aromatic nitrogens is 2. The summed E-state index contributed by atoms with van der Waals surface area (Å²) in [4.78, 5) is 2.10. The molecule has 0 atom stereocenters. The molecule has 1 aromatic heterocycles. The molecule has 0 aromatic carbocycles. The molecule has 0 fully saturated rings. The van der Waals surface area contributed by atoms with Gasteiger partial charge >= 0.3 is 0 Å². The van der Waals surface area contributed by atoms with E-state index in [-0.39, 0.29) is 5.41 Å². The minimum atomic E-state index is 0.127. The molecule has 0 saturated carbocycles. The Balaban J connectivity index is 2.75. The van der Waals surface area contributed by atoms with Crippen molar-refractivity contribution < 1.29 is 0 Å². The molecule has 3 nitrogen and oxygen atoms in total. The Bertz CT molecular complexity index is 273. The lowest BCUT2D eigenvalue weighted by Gasteiger charge is -2.12. The van der Waals surface area contributed by atoms with Crippen molar-refractivity contribution in [1.82, 2.24) is 15.1 Å². The van der Waals surface area contributed by atoms with Gasteiger partial charge in [-0.1, -0.05) is 32.1 Å². The van der Waals surface area contributed by atoms with E-state index < -0.39 is 0 Å². The highest BCUT2D eigenvalue weighted by atomic mass is 32.1. The largest absolute Gasteiger partial charge is 0.303 e. The maximum Gasteiger partial charge on any atom is 0.131 e. The smallest absolute Gasteiger partial charge is 0.131 e. The molecule has 0 unspecified atom stereocenters. The molecule has 4 heteroatoms. The molecule has 1 rings (SSSR count). The zero-order valence-corrected chi connectivity index (χ0v) is 9.77. The molecule has 0 aliphatic carbocycles. The fourth-order valence-corrected chi connectivity index (χ4v) is 1.91. The number of hydrogen-bond acceptors (Lipinski definition) is 4.